The third-order valence-electron chi connectivity index (χ3n) is 1.80. The number of carbonyl (C=O) groups is 1. The van der Waals surface area contributed by atoms with Crippen molar-refractivity contribution in [1.29, 1.82) is 0 Å². The summed E-state index contributed by atoms with van der Waals surface area (Å²) in [7, 11) is 0. The van der Waals surface area contributed by atoms with Crippen LogP contribution in [0.4, 0.5) is 18.9 Å². The summed E-state index contributed by atoms with van der Waals surface area (Å²) < 4.78 is 35.4. The monoisotopic (exact) mass is 264 g/mol. The van der Waals surface area contributed by atoms with Gasteiger partial charge >= 0.3 is 5.51 Å². The van der Waals surface area contributed by atoms with E-state index in [1.807, 2.05) is 0 Å². The molecule has 0 saturated carbocycles. The van der Waals surface area contributed by atoms with Crippen LogP contribution in [0.3, 0.4) is 0 Å². The molecule has 0 fully saturated rings. The first-order chi connectivity index (χ1) is 7.88. The smallest absolute Gasteiger partial charge is 0.399 e. The Morgan fingerprint density at radius 2 is 2.12 bits per heavy atom. The zero-order chi connectivity index (χ0) is 12.9. The summed E-state index contributed by atoms with van der Waals surface area (Å²) in [6.45, 7) is -0.0438. The SMILES string of the molecule is Nc1cccc(C(=O)NCCSC(F)(F)F)c1. The van der Waals surface area contributed by atoms with Crippen molar-refractivity contribution in [2.45, 2.75) is 5.51 Å². The number of nitrogens with one attached hydrogen (secondary N) is 1. The minimum absolute atomic E-state index is 0.0438. The first-order valence-electron chi connectivity index (χ1n) is 4.73. The van der Waals surface area contributed by atoms with E-state index in [1.165, 1.54) is 6.07 Å². The Kier molecular flexibility index (Phi) is 4.68. The minimum Gasteiger partial charge on any atom is -0.399 e. The molecule has 1 amide bonds. The molecule has 0 aromatic heterocycles. The standard InChI is InChI=1S/C10H11F3N2OS/c11-10(12,13)17-5-4-15-9(16)7-2-1-3-8(14)6-7/h1-3,6H,4-5,14H2,(H,15,16). The molecule has 1 aromatic carbocycles. The van der Waals surface area contributed by atoms with Crippen LogP contribution in [0.5, 0.6) is 0 Å². The van der Waals surface area contributed by atoms with Gasteiger partial charge in [-0.1, -0.05) is 6.07 Å². The molecule has 1 rings (SSSR count). The van der Waals surface area contributed by atoms with E-state index < -0.39 is 11.4 Å². The van der Waals surface area contributed by atoms with Crippen molar-refractivity contribution in [3.63, 3.8) is 0 Å². The highest BCUT2D eigenvalue weighted by atomic mass is 32.2. The predicted molar refractivity (Wildman–Crippen MR) is 61.7 cm³/mol. The quantitative estimate of drug-likeness (QED) is 0.648. The maximum absolute atomic E-state index is 11.8. The van der Waals surface area contributed by atoms with E-state index in [-0.39, 0.29) is 24.1 Å². The molecule has 0 radical (unpaired) electrons. The van der Waals surface area contributed by atoms with Crippen LogP contribution in [0.15, 0.2) is 24.3 Å². The van der Waals surface area contributed by atoms with Gasteiger partial charge in [0.05, 0.1) is 0 Å². The van der Waals surface area contributed by atoms with E-state index in [9.17, 15) is 18.0 Å². The van der Waals surface area contributed by atoms with Crippen molar-refractivity contribution in [2.75, 3.05) is 18.0 Å². The van der Waals surface area contributed by atoms with Crippen molar-refractivity contribution < 1.29 is 18.0 Å². The van der Waals surface area contributed by atoms with Gasteiger partial charge < -0.3 is 11.1 Å². The fraction of sp³-hybridized carbons (Fsp3) is 0.300. The molecule has 0 bridgehead atoms. The molecule has 1 aromatic rings. The summed E-state index contributed by atoms with van der Waals surface area (Å²) in [6, 6.07) is 6.24. The van der Waals surface area contributed by atoms with Gasteiger partial charge in [-0.15, -0.1) is 0 Å². The number of nitrogens with two attached hydrogens (primary N) is 1. The Morgan fingerprint density at radius 3 is 2.71 bits per heavy atom. The van der Waals surface area contributed by atoms with E-state index in [4.69, 9.17) is 5.73 Å². The van der Waals surface area contributed by atoms with Crippen LogP contribution < -0.4 is 11.1 Å². The number of alkyl halides is 3. The first kappa shape index (κ1) is 13.7. The van der Waals surface area contributed by atoms with Gasteiger partial charge in [0, 0.05) is 23.5 Å². The summed E-state index contributed by atoms with van der Waals surface area (Å²) >= 11 is -0.166. The second kappa shape index (κ2) is 5.81. The largest absolute Gasteiger partial charge is 0.441 e. The van der Waals surface area contributed by atoms with E-state index in [0.717, 1.165) is 0 Å². The maximum atomic E-state index is 11.8. The lowest BCUT2D eigenvalue weighted by Crippen LogP contribution is -2.26. The number of rotatable bonds is 4. The highest BCUT2D eigenvalue weighted by molar-refractivity contribution is 8.00. The van der Waals surface area contributed by atoms with Gasteiger partial charge in [0.25, 0.3) is 5.91 Å². The molecule has 3 nitrogen and oxygen atoms in total. The van der Waals surface area contributed by atoms with Crippen LogP contribution in [-0.2, 0) is 0 Å². The molecule has 94 valence electrons. The van der Waals surface area contributed by atoms with Crippen LogP contribution in [0.1, 0.15) is 10.4 Å². The average Bonchev–Trinajstić information content (AvgIpc) is 2.23. The molecule has 3 N–H and O–H groups in total. The van der Waals surface area contributed by atoms with Gasteiger partial charge in [-0.05, 0) is 30.0 Å². The zero-order valence-corrected chi connectivity index (χ0v) is 9.57. The van der Waals surface area contributed by atoms with Crippen LogP contribution in [0, 0.1) is 0 Å². The van der Waals surface area contributed by atoms with E-state index in [0.29, 0.717) is 11.3 Å². The molecule has 0 atom stereocenters. The predicted octanol–water partition coefficient (Wildman–Crippen LogP) is 2.25. The van der Waals surface area contributed by atoms with E-state index in [2.05, 4.69) is 5.32 Å². The minimum atomic E-state index is -4.26. The summed E-state index contributed by atoms with van der Waals surface area (Å²) in [6.07, 6.45) is 0. The number of benzene rings is 1. The van der Waals surface area contributed by atoms with Crippen molar-refractivity contribution in [1.82, 2.24) is 5.32 Å². The summed E-state index contributed by atoms with van der Waals surface area (Å²) in [5.41, 5.74) is 1.98. The lowest BCUT2D eigenvalue weighted by Gasteiger charge is -2.07. The lowest BCUT2D eigenvalue weighted by atomic mass is 10.2. The number of amides is 1. The fourth-order valence-electron chi connectivity index (χ4n) is 1.11. The number of halogens is 3. The van der Waals surface area contributed by atoms with Crippen LogP contribution in [0.2, 0.25) is 0 Å². The Morgan fingerprint density at radius 1 is 1.41 bits per heavy atom. The molecule has 0 aliphatic rings. The summed E-state index contributed by atoms with van der Waals surface area (Å²) in [4.78, 5) is 11.5. The normalized spacial score (nSPS) is 11.2. The zero-order valence-electron chi connectivity index (χ0n) is 8.75. The molecule has 0 spiro atoms. The third-order valence-corrected chi connectivity index (χ3v) is 2.54. The van der Waals surface area contributed by atoms with Crippen LogP contribution >= 0.6 is 11.8 Å². The van der Waals surface area contributed by atoms with Gasteiger partial charge in [0.15, 0.2) is 0 Å². The molecule has 0 saturated heterocycles. The van der Waals surface area contributed by atoms with Gasteiger partial charge in [-0.2, -0.15) is 13.2 Å². The van der Waals surface area contributed by atoms with Crippen molar-refractivity contribution in [3.05, 3.63) is 29.8 Å². The first-order valence-corrected chi connectivity index (χ1v) is 5.71. The van der Waals surface area contributed by atoms with Crippen molar-refractivity contribution in [2.24, 2.45) is 0 Å². The molecular weight excluding hydrogens is 253 g/mol. The molecule has 0 heterocycles. The average molecular weight is 264 g/mol. The highest BCUT2D eigenvalue weighted by Gasteiger charge is 2.27. The molecular formula is C10H11F3N2OS. The maximum Gasteiger partial charge on any atom is 0.441 e. The second-order valence-corrected chi connectivity index (χ2v) is 4.34. The van der Waals surface area contributed by atoms with Crippen molar-refractivity contribution >= 4 is 23.4 Å². The van der Waals surface area contributed by atoms with Crippen molar-refractivity contribution in [3.8, 4) is 0 Å². The van der Waals surface area contributed by atoms with Crippen LogP contribution in [-0.4, -0.2) is 23.7 Å². The lowest BCUT2D eigenvalue weighted by molar-refractivity contribution is -0.0327. The molecule has 0 aliphatic heterocycles. The third kappa shape index (κ3) is 5.48. The number of anilines is 1. The molecule has 0 unspecified atom stereocenters. The second-order valence-electron chi connectivity index (χ2n) is 3.18. The number of thioether (sulfide) groups is 1. The Balaban J connectivity index is 2.36. The topological polar surface area (TPSA) is 55.1 Å². The Bertz CT molecular complexity index is 395. The number of nitrogen functional groups attached to an aromatic ring is 1. The number of hydrogen-bond donors (Lipinski definition) is 2. The van der Waals surface area contributed by atoms with Gasteiger partial charge in [-0.25, -0.2) is 0 Å². The molecule has 0 aliphatic carbocycles. The van der Waals surface area contributed by atoms with Gasteiger partial charge in [0.1, 0.15) is 0 Å². The number of hydrogen-bond acceptors (Lipinski definition) is 3. The van der Waals surface area contributed by atoms with Crippen LogP contribution in [0.25, 0.3) is 0 Å². The van der Waals surface area contributed by atoms with E-state index >= 15 is 0 Å². The molecule has 7 heteroatoms. The Labute approximate surface area is 101 Å². The molecule has 17 heavy (non-hydrogen) atoms. The number of carbonyl (C=O) groups excluding carboxylic acids is 1. The van der Waals surface area contributed by atoms with Gasteiger partial charge in [-0.3, -0.25) is 4.79 Å². The summed E-state index contributed by atoms with van der Waals surface area (Å²) in [5, 5.41) is 2.38. The Hall–Kier alpha value is -1.37. The fourth-order valence-corrected chi connectivity index (χ4v) is 1.55. The van der Waals surface area contributed by atoms with E-state index in [1.54, 1.807) is 18.2 Å². The van der Waals surface area contributed by atoms with Gasteiger partial charge in [0.2, 0.25) is 0 Å². The summed E-state index contributed by atoms with van der Waals surface area (Å²) in [5.74, 6) is -0.641. The highest BCUT2D eigenvalue weighted by Crippen LogP contribution is 2.29.